The van der Waals surface area contributed by atoms with Crippen LogP contribution in [0, 0.1) is 3.57 Å². The first-order valence-electron chi connectivity index (χ1n) is 3.83. The van der Waals surface area contributed by atoms with E-state index in [9.17, 15) is 0 Å². The minimum absolute atomic E-state index is 0.448. The van der Waals surface area contributed by atoms with Crippen molar-refractivity contribution >= 4 is 34.2 Å². The summed E-state index contributed by atoms with van der Waals surface area (Å²) in [6, 6.07) is 7.87. The van der Waals surface area contributed by atoms with E-state index >= 15 is 0 Å². The third-order valence-electron chi connectivity index (χ3n) is 1.43. The summed E-state index contributed by atoms with van der Waals surface area (Å²) < 4.78 is 6.61. The van der Waals surface area contributed by atoms with E-state index in [1.54, 1.807) is 0 Å². The molecule has 0 heterocycles. The molecule has 0 aliphatic heterocycles. The molecule has 0 saturated heterocycles. The van der Waals surface area contributed by atoms with Crippen molar-refractivity contribution < 1.29 is 4.74 Å². The van der Waals surface area contributed by atoms with E-state index in [0.29, 0.717) is 12.5 Å². The number of alkyl halides is 1. The minimum atomic E-state index is 0.448. The first-order valence-corrected chi connectivity index (χ1v) is 5.44. The van der Waals surface area contributed by atoms with Crippen molar-refractivity contribution in [1.82, 2.24) is 0 Å². The number of halogens is 2. The second-order valence-electron chi connectivity index (χ2n) is 2.63. The Balaban J connectivity index is 2.50. The maximum atomic E-state index is 5.57. The van der Waals surface area contributed by atoms with E-state index in [1.807, 2.05) is 24.3 Å². The molecule has 0 unspecified atom stereocenters. The lowest BCUT2D eigenvalue weighted by atomic mass is 10.3. The number of hydrogen-bond acceptors (Lipinski definition) is 1. The van der Waals surface area contributed by atoms with Crippen LogP contribution in [0.2, 0.25) is 0 Å². The van der Waals surface area contributed by atoms with E-state index in [4.69, 9.17) is 16.3 Å². The van der Waals surface area contributed by atoms with E-state index in [2.05, 4.69) is 29.2 Å². The molecule has 0 aliphatic rings. The monoisotopic (exact) mass is 308 g/mol. The number of benzene rings is 1. The van der Waals surface area contributed by atoms with Crippen molar-refractivity contribution in [3.8, 4) is 5.75 Å². The van der Waals surface area contributed by atoms with Gasteiger partial charge in [0, 0.05) is 9.45 Å². The fourth-order valence-electron chi connectivity index (χ4n) is 0.781. The van der Waals surface area contributed by atoms with Gasteiger partial charge in [0.2, 0.25) is 0 Å². The van der Waals surface area contributed by atoms with E-state index < -0.39 is 0 Å². The Hall–Kier alpha value is -0.220. The standard InChI is InChI=1S/C10H10ClIO/c1-8(6-11)7-13-10-4-2-3-9(12)5-10/h2-5H,1,6-7H2. The van der Waals surface area contributed by atoms with Crippen molar-refractivity contribution in [2.75, 3.05) is 12.5 Å². The quantitative estimate of drug-likeness (QED) is 0.470. The Kier molecular flexibility index (Phi) is 4.59. The van der Waals surface area contributed by atoms with Crippen LogP contribution in [-0.2, 0) is 0 Å². The molecule has 0 aromatic heterocycles. The molecule has 1 aromatic rings. The second kappa shape index (κ2) is 5.50. The van der Waals surface area contributed by atoms with Crippen LogP contribution in [0.15, 0.2) is 36.4 Å². The summed E-state index contributed by atoms with van der Waals surface area (Å²) in [6.07, 6.45) is 0. The van der Waals surface area contributed by atoms with Gasteiger partial charge in [0.15, 0.2) is 0 Å². The van der Waals surface area contributed by atoms with Gasteiger partial charge in [-0.05, 0) is 46.4 Å². The normalized spacial score (nSPS) is 9.69. The maximum absolute atomic E-state index is 5.57. The fraction of sp³-hybridized carbons (Fsp3) is 0.200. The molecule has 0 saturated carbocycles. The van der Waals surface area contributed by atoms with E-state index in [1.165, 1.54) is 0 Å². The lowest BCUT2D eigenvalue weighted by molar-refractivity contribution is 0.353. The lowest BCUT2D eigenvalue weighted by Gasteiger charge is -2.06. The zero-order valence-corrected chi connectivity index (χ0v) is 10.0. The molecule has 0 bridgehead atoms. The average molecular weight is 309 g/mol. The van der Waals surface area contributed by atoms with Gasteiger partial charge in [0.05, 0.1) is 0 Å². The Morgan fingerprint density at radius 3 is 2.92 bits per heavy atom. The Morgan fingerprint density at radius 2 is 2.31 bits per heavy atom. The summed E-state index contributed by atoms with van der Waals surface area (Å²) in [5, 5.41) is 0. The molecule has 1 nitrogen and oxygen atoms in total. The third-order valence-corrected chi connectivity index (χ3v) is 2.48. The van der Waals surface area contributed by atoms with Crippen LogP contribution in [0.5, 0.6) is 5.75 Å². The van der Waals surface area contributed by atoms with Crippen molar-refractivity contribution in [2.24, 2.45) is 0 Å². The molecule has 70 valence electrons. The number of hydrogen-bond donors (Lipinski definition) is 0. The molecule has 0 aliphatic carbocycles. The summed E-state index contributed by atoms with van der Waals surface area (Å²) in [6.45, 7) is 4.24. The van der Waals surface area contributed by atoms with E-state index in [0.717, 1.165) is 14.9 Å². The van der Waals surface area contributed by atoms with Gasteiger partial charge < -0.3 is 4.74 Å². The van der Waals surface area contributed by atoms with Gasteiger partial charge in [0.1, 0.15) is 12.4 Å². The van der Waals surface area contributed by atoms with Crippen LogP contribution in [0.1, 0.15) is 0 Å². The molecular weight excluding hydrogens is 298 g/mol. The van der Waals surface area contributed by atoms with Gasteiger partial charge in [-0.3, -0.25) is 0 Å². The summed E-state index contributed by atoms with van der Waals surface area (Å²) in [5.41, 5.74) is 0.889. The minimum Gasteiger partial charge on any atom is -0.489 e. The van der Waals surface area contributed by atoms with Gasteiger partial charge >= 0.3 is 0 Å². The molecular formula is C10H10ClIO. The molecule has 0 radical (unpaired) electrons. The van der Waals surface area contributed by atoms with Crippen molar-refractivity contribution in [3.05, 3.63) is 40.0 Å². The second-order valence-corrected chi connectivity index (χ2v) is 4.14. The SMILES string of the molecule is C=C(CCl)COc1cccc(I)c1. The highest BCUT2D eigenvalue weighted by Crippen LogP contribution is 2.15. The first-order chi connectivity index (χ1) is 6.22. The Morgan fingerprint density at radius 1 is 1.54 bits per heavy atom. The molecule has 0 spiro atoms. The Labute approximate surface area is 96.9 Å². The zero-order valence-electron chi connectivity index (χ0n) is 7.09. The summed E-state index contributed by atoms with van der Waals surface area (Å²) in [4.78, 5) is 0. The van der Waals surface area contributed by atoms with Crippen LogP contribution in [0.25, 0.3) is 0 Å². The maximum Gasteiger partial charge on any atom is 0.120 e. The van der Waals surface area contributed by atoms with Gasteiger partial charge in [-0.2, -0.15) is 0 Å². The van der Waals surface area contributed by atoms with Gasteiger partial charge in [-0.15, -0.1) is 11.6 Å². The predicted octanol–water partition coefficient (Wildman–Crippen LogP) is 3.47. The van der Waals surface area contributed by atoms with Crippen LogP contribution >= 0.6 is 34.2 Å². The molecule has 0 amide bonds. The molecule has 0 fully saturated rings. The number of ether oxygens (including phenoxy) is 1. The van der Waals surface area contributed by atoms with Crippen molar-refractivity contribution in [2.45, 2.75) is 0 Å². The van der Waals surface area contributed by atoms with Crippen LogP contribution in [-0.4, -0.2) is 12.5 Å². The molecule has 0 N–H and O–H groups in total. The number of rotatable bonds is 4. The topological polar surface area (TPSA) is 9.23 Å². The van der Waals surface area contributed by atoms with Crippen LogP contribution < -0.4 is 4.74 Å². The summed E-state index contributed by atoms with van der Waals surface area (Å²) in [5.74, 6) is 1.31. The molecule has 1 aromatic carbocycles. The molecule has 1 rings (SSSR count). The molecule has 3 heteroatoms. The highest BCUT2D eigenvalue weighted by atomic mass is 127. The van der Waals surface area contributed by atoms with Crippen LogP contribution in [0.4, 0.5) is 0 Å². The average Bonchev–Trinajstić information content (AvgIpc) is 2.14. The van der Waals surface area contributed by atoms with Gasteiger partial charge in [-0.1, -0.05) is 12.6 Å². The summed E-state index contributed by atoms with van der Waals surface area (Å²) in [7, 11) is 0. The first kappa shape index (κ1) is 10.9. The largest absolute Gasteiger partial charge is 0.489 e. The van der Waals surface area contributed by atoms with Gasteiger partial charge in [0.25, 0.3) is 0 Å². The third kappa shape index (κ3) is 4.00. The van der Waals surface area contributed by atoms with Crippen molar-refractivity contribution in [3.63, 3.8) is 0 Å². The molecule has 0 atom stereocenters. The summed E-state index contributed by atoms with van der Waals surface area (Å²) >= 11 is 7.81. The highest BCUT2D eigenvalue weighted by Gasteiger charge is 1.95. The van der Waals surface area contributed by atoms with Gasteiger partial charge in [-0.25, -0.2) is 0 Å². The lowest BCUT2D eigenvalue weighted by Crippen LogP contribution is -2.01. The zero-order chi connectivity index (χ0) is 9.68. The highest BCUT2D eigenvalue weighted by molar-refractivity contribution is 14.1. The smallest absolute Gasteiger partial charge is 0.120 e. The fourth-order valence-corrected chi connectivity index (χ4v) is 1.37. The predicted molar refractivity (Wildman–Crippen MR) is 64.5 cm³/mol. The van der Waals surface area contributed by atoms with Crippen molar-refractivity contribution in [1.29, 1.82) is 0 Å². The molecule has 13 heavy (non-hydrogen) atoms. The Bertz CT molecular complexity index is 299. The van der Waals surface area contributed by atoms with Crippen LogP contribution in [0.3, 0.4) is 0 Å². The van der Waals surface area contributed by atoms with E-state index in [-0.39, 0.29) is 0 Å².